The number of rotatable bonds is 11. The van der Waals surface area contributed by atoms with Crippen LogP contribution in [0.1, 0.15) is 92.9 Å². The summed E-state index contributed by atoms with van der Waals surface area (Å²) < 4.78 is 0. The predicted octanol–water partition coefficient (Wildman–Crippen LogP) is 4.17. The summed E-state index contributed by atoms with van der Waals surface area (Å²) in [5.41, 5.74) is 0.700. The minimum atomic E-state index is -1.27. The van der Waals surface area contributed by atoms with Gasteiger partial charge in [-0.05, 0) is 50.7 Å². The number of hydrogen-bond acceptors (Lipinski definition) is 2. The molecule has 1 fully saturated rings. The van der Waals surface area contributed by atoms with Gasteiger partial charge in [-0.25, -0.2) is 0 Å². The van der Waals surface area contributed by atoms with Crippen molar-refractivity contribution >= 4 is 12.6 Å². The molecule has 0 atom stereocenters. The zero-order chi connectivity index (χ0) is 21.5. The normalized spacial score (nSPS) is 18.2. The quantitative estimate of drug-likeness (QED) is 0.304. The van der Waals surface area contributed by atoms with Crippen molar-refractivity contribution in [3.05, 3.63) is 30.3 Å². The lowest BCUT2D eigenvalue weighted by atomic mass is 9.84. The van der Waals surface area contributed by atoms with Gasteiger partial charge in [-0.1, -0.05) is 72.6 Å². The number of benzene rings is 1. The standard InChI is InChI=1S/C26H48N2P.HI/c1-8-19-25(10-3,11-4)27-21-28(26(12-5,13-6)20-9-2)23-29(7,22-27)24-17-15-14-16-18-24;/h14-18H,8-13,19-23H2,1-7H3;1H/q+1;/p-1. The van der Waals surface area contributed by atoms with Crippen molar-refractivity contribution in [1.29, 1.82) is 0 Å². The first-order valence-electron chi connectivity index (χ1n) is 12.3. The van der Waals surface area contributed by atoms with Crippen LogP contribution in [0.3, 0.4) is 0 Å². The molecule has 0 radical (unpaired) electrons. The second kappa shape index (κ2) is 12.5. The molecule has 0 spiro atoms. The van der Waals surface area contributed by atoms with Gasteiger partial charge in [0.2, 0.25) is 0 Å². The molecular formula is C26H48IN2P. The molecule has 0 unspecified atom stereocenters. The maximum atomic E-state index is 2.94. The van der Waals surface area contributed by atoms with Crippen molar-refractivity contribution in [2.24, 2.45) is 0 Å². The summed E-state index contributed by atoms with van der Waals surface area (Å²) in [7, 11) is -1.27. The van der Waals surface area contributed by atoms with E-state index < -0.39 is 7.26 Å². The maximum Gasteiger partial charge on any atom is 0.119 e. The number of nitrogens with zero attached hydrogens (tertiary/aromatic N) is 2. The highest BCUT2D eigenvalue weighted by Crippen LogP contribution is 2.60. The molecule has 1 aromatic rings. The van der Waals surface area contributed by atoms with Gasteiger partial charge in [0.25, 0.3) is 0 Å². The highest BCUT2D eigenvalue weighted by Gasteiger charge is 2.51. The number of halogens is 1. The third-order valence-corrected chi connectivity index (χ3v) is 11.6. The van der Waals surface area contributed by atoms with Gasteiger partial charge < -0.3 is 24.0 Å². The van der Waals surface area contributed by atoms with Crippen LogP contribution in [-0.2, 0) is 0 Å². The lowest BCUT2D eigenvalue weighted by Gasteiger charge is -2.55. The molecule has 1 saturated heterocycles. The van der Waals surface area contributed by atoms with Crippen molar-refractivity contribution in [2.45, 2.75) is 104 Å². The summed E-state index contributed by atoms with van der Waals surface area (Å²) in [6.45, 7) is 18.2. The van der Waals surface area contributed by atoms with Crippen LogP contribution >= 0.6 is 7.26 Å². The van der Waals surface area contributed by atoms with Crippen LogP contribution in [0.4, 0.5) is 0 Å². The lowest BCUT2D eigenvalue weighted by molar-refractivity contribution is -0.0288. The van der Waals surface area contributed by atoms with E-state index in [4.69, 9.17) is 0 Å². The summed E-state index contributed by atoms with van der Waals surface area (Å²) in [6, 6.07) is 11.5. The number of hydrogen-bond donors (Lipinski definition) is 0. The molecule has 2 nitrogen and oxygen atoms in total. The van der Waals surface area contributed by atoms with E-state index >= 15 is 0 Å². The zero-order valence-electron chi connectivity index (χ0n) is 20.9. The van der Waals surface area contributed by atoms with Crippen LogP contribution in [0.2, 0.25) is 0 Å². The van der Waals surface area contributed by atoms with E-state index in [1.807, 2.05) is 0 Å². The van der Waals surface area contributed by atoms with E-state index in [0.717, 1.165) is 6.67 Å². The summed E-state index contributed by atoms with van der Waals surface area (Å²) >= 11 is 0. The van der Waals surface area contributed by atoms with Crippen LogP contribution in [0.25, 0.3) is 0 Å². The summed E-state index contributed by atoms with van der Waals surface area (Å²) in [5.74, 6) is 0. The van der Waals surface area contributed by atoms with Crippen molar-refractivity contribution in [3.8, 4) is 0 Å². The second-order valence-corrected chi connectivity index (χ2v) is 13.5. The van der Waals surface area contributed by atoms with Gasteiger partial charge in [0.1, 0.15) is 12.6 Å². The molecule has 4 heteroatoms. The van der Waals surface area contributed by atoms with Crippen LogP contribution in [0, 0.1) is 0 Å². The first kappa shape index (κ1) is 28.3. The average Bonchev–Trinajstić information content (AvgIpc) is 2.76. The molecular weight excluding hydrogens is 498 g/mol. The van der Waals surface area contributed by atoms with Crippen molar-refractivity contribution < 1.29 is 24.0 Å². The highest BCUT2D eigenvalue weighted by molar-refractivity contribution is 7.82. The molecule has 30 heavy (non-hydrogen) atoms. The molecule has 0 saturated carbocycles. The topological polar surface area (TPSA) is 6.48 Å². The van der Waals surface area contributed by atoms with Crippen molar-refractivity contribution in [2.75, 3.05) is 25.9 Å². The minimum absolute atomic E-state index is 0. The lowest BCUT2D eigenvalue weighted by Crippen LogP contribution is -3.00. The fraction of sp³-hybridized carbons (Fsp3) is 0.769. The van der Waals surface area contributed by atoms with Gasteiger partial charge in [-0.3, -0.25) is 9.80 Å². The van der Waals surface area contributed by atoms with Gasteiger partial charge in [0, 0.05) is 11.1 Å². The Hall–Kier alpha value is 0.300. The zero-order valence-corrected chi connectivity index (χ0v) is 23.9. The third kappa shape index (κ3) is 5.80. The summed E-state index contributed by atoms with van der Waals surface area (Å²) in [6.07, 6.45) is 12.8. The van der Waals surface area contributed by atoms with E-state index in [0.29, 0.717) is 11.1 Å². The maximum absolute atomic E-state index is 2.94. The van der Waals surface area contributed by atoms with Crippen LogP contribution in [0.5, 0.6) is 0 Å². The van der Waals surface area contributed by atoms with Gasteiger partial charge in [-0.15, -0.1) is 0 Å². The van der Waals surface area contributed by atoms with E-state index in [-0.39, 0.29) is 24.0 Å². The average molecular weight is 547 g/mol. The van der Waals surface area contributed by atoms with E-state index in [2.05, 4.69) is 88.3 Å². The third-order valence-electron chi connectivity index (χ3n) is 8.09. The minimum Gasteiger partial charge on any atom is -1.00 e. The first-order valence-corrected chi connectivity index (χ1v) is 14.9. The van der Waals surface area contributed by atoms with Crippen LogP contribution in [0.15, 0.2) is 30.3 Å². The molecule has 1 aromatic carbocycles. The van der Waals surface area contributed by atoms with Crippen molar-refractivity contribution in [3.63, 3.8) is 0 Å². The highest BCUT2D eigenvalue weighted by atomic mass is 127. The monoisotopic (exact) mass is 546 g/mol. The van der Waals surface area contributed by atoms with Gasteiger partial charge in [0.05, 0.1) is 25.9 Å². The molecule has 0 bridgehead atoms. The van der Waals surface area contributed by atoms with Crippen LogP contribution < -0.4 is 29.3 Å². The summed E-state index contributed by atoms with van der Waals surface area (Å²) in [4.78, 5) is 5.88. The second-order valence-electron chi connectivity index (χ2n) is 9.60. The molecule has 1 heterocycles. The largest absolute Gasteiger partial charge is 1.00 e. The fourth-order valence-corrected chi connectivity index (χ4v) is 9.59. The molecule has 1 aliphatic heterocycles. The van der Waals surface area contributed by atoms with Crippen molar-refractivity contribution in [1.82, 2.24) is 9.80 Å². The van der Waals surface area contributed by atoms with Gasteiger partial charge in [0.15, 0.2) is 0 Å². The molecule has 0 aliphatic carbocycles. The Bertz CT molecular complexity index is 568. The van der Waals surface area contributed by atoms with Crippen LogP contribution in [-0.4, -0.2) is 46.8 Å². The predicted molar refractivity (Wildman–Crippen MR) is 134 cm³/mol. The molecule has 0 aromatic heterocycles. The van der Waals surface area contributed by atoms with Gasteiger partial charge >= 0.3 is 0 Å². The molecule has 2 rings (SSSR count). The Morgan fingerprint density at radius 2 is 1.13 bits per heavy atom. The van der Waals surface area contributed by atoms with Gasteiger partial charge in [-0.2, -0.15) is 0 Å². The fourth-order valence-electron chi connectivity index (χ4n) is 5.99. The first-order chi connectivity index (χ1) is 13.9. The molecule has 174 valence electrons. The Labute approximate surface area is 205 Å². The van der Waals surface area contributed by atoms with E-state index in [1.54, 1.807) is 5.30 Å². The Morgan fingerprint density at radius 1 is 0.733 bits per heavy atom. The smallest absolute Gasteiger partial charge is 0.119 e. The molecule has 0 N–H and O–H groups in total. The SMILES string of the molecule is CCCC(CC)(CC)N1CN(C(CC)(CC)CCC)C[P+](C)(c2ccccc2)C1.[I-]. The molecule has 1 aliphatic rings. The van der Waals surface area contributed by atoms with E-state index in [1.165, 1.54) is 63.9 Å². The Balaban J connectivity index is 0.00000450. The Kier molecular flexibility index (Phi) is 11.8. The Morgan fingerprint density at radius 3 is 1.47 bits per heavy atom. The summed E-state index contributed by atoms with van der Waals surface area (Å²) in [5, 5.41) is 1.62. The van der Waals surface area contributed by atoms with E-state index in [9.17, 15) is 0 Å². The molecule has 0 amide bonds.